The summed E-state index contributed by atoms with van der Waals surface area (Å²) in [4.78, 5) is 7.55. The third-order valence-electron chi connectivity index (χ3n) is 6.62. The Labute approximate surface area is 207 Å². The average Bonchev–Trinajstić information content (AvgIpc) is 3.30. The zero-order chi connectivity index (χ0) is 24.8. The van der Waals surface area contributed by atoms with Crippen LogP contribution in [-0.4, -0.2) is 4.98 Å². The van der Waals surface area contributed by atoms with Crippen molar-refractivity contribution in [1.29, 1.82) is 0 Å². The molecule has 0 aliphatic carbocycles. The average molecular weight is 471 g/mol. The highest BCUT2D eigenvalue weighted by Crippen LogP contribution is 2.44. The molecule has 0 radical (unpaired) electrons. The van der Waals surface area contributed by atoms with E-state index in [-0.39, 0.29) is 0 Å². The van der Waals surface area contributed by atoms with Gasteiger partial charge in [0.15, 0.2) is 5.69 Å². The molecule has 0 saturated heterocycles. The van der Waals surface area contributed by atoms with Gasteiger partial charge in [0.05, 0.1) is 25.2 Å². The van der Waals surface area contributed by atoms with Crippen molar-refractivity contribution in [2.45, 2.75) is 6.92 Å². The Kier molecular flexibility index (Phi) is 5.09. The second kappa shape index (κ2) is 8.44. The minimum atomic E-state index is -0.559. The summed E-state index contributed by atoms with van der Waals surface area (Å²) in [7, 11) is 1.83. The normalized spacial score (nSPS) is 11.2. The van der Waals surface area contributed by atoms with E-state index in [4.69, 9.17) is 11.0 Å². The zero-order valence-corrected chi connectivity index (χ0v) is 19.8. The van der Waals surface area contributed by atoms with Crippen LogP contribution in [0.4, 0.5) is 10.1 Å². The Hall–Kier alpha value is -4.82. The fourth-order valence-corrected chi connectivity index (χ4v) is 4.86. The first-order valence-corrected chi connectivity index (χ1v) is 11.6. The molecule has 0 aliphatic rings. The molecule has 0 atom stereocenters. The van der Waals surface area contributed by atoms with E-state index in [1.54, 1.807) is 4.57 Å². The molecule has 6 aromatic rings. The molecule has 4 aromatic carbocycles. The van der Waals surface area contributed by atoms with Gasteiger partial charge < -0.3 is 4.42 Å². The van der Waals surface area contributed by atoms with E-state index < -0.39 is 5.95 Å². The fourth-order valence-electron chi connectivity index (χ4n) is 4.86. The standard InChI is InChI=1S/C31H21FN3O/c1-19-12-13-24-29-25(33-2)15-14-23(22-11-7-10-21(16-22)20-8-5-4-6-9-20)30(29)36-31(24)28(19)26-17-27(32)34-18-35(26)3/h4-18H,1,3H3/q+1. The number of hydrogen-bond acceptors (Lipinski definition) is 2. The molecule has 172 valence electrons. The summed E-state index contributed by atoms with van der Waals surface area (Å²) < 4.78 is 22.5. The highest BCUT2D eigenvalue weighted by atomic mass is 19.1. The van der Waals surface area contributed by atoms with Gasteiger partial charge in [0.2, 0.25) is 0 Å². The van der Waals surface area contributed by atoms with Crippen LogP contribution in [0.3, 0.4) is 0 Å². The van der Waals surface area contributed by atoms with Crippen LogP contribution in [0, 0.1) is 19.4 Å². The van der Waals surface area contributed by atoms with Crippen LogP contribution in [0.15, 0.2) is 95.7 Å². The van der Waals surface area contributed by atoms with E-state index in [1.807, 2.05) is 62.5 Å². The maximum atomic E-state index is 14.2. The van der Waals surface area contributed by atoms with Crippen molar-refractivity contribution in [3.8, 4) is 33.5 Å². The van der Waals surface area contributed by atoms with Crippen molar-refractivity contribution in [2.75, 3.05) is 0 Å². The van der Waals surface area contributed by atoms with Crippen LogP contribution in [-0.2, 0) is 7.05 Å². The molecule has 4 nitrogen and oxygen atoms in total. The van der Waals surface area contributed by atoms with Crippen LogP contribution < -0.4 is 4.57 Å². The van der Waals surface area contributed by atoms with E-state index >= 15 is 0 Å². The predicted octanol–water partition coefficient (Wildman–Crippen LogP) is 7.80. The topological polar surface area (TPSA) is 34.3 Å². The van der Waals surface area contributed by atoms with Gasteiger partial charge in [-0.1, -0.05) is 72.8 Å². The lowest BCUT2D eigenvalue weighted by atomic mass is 9.96. The molecular weight excluding hydrogens is 449 g/mol. The van der Waals surface area contributed by atoms with E-state index in [1.165, 1.54) is 12.4 Å². The number of aryl methyl sites for hydroxylation is 2. The molecule has 2 aromatic heterocycles. The first kappa shape index (κ1) is 21.7. The van der Waals surface area contributed by atoms with Crippen LogP contribution in [0.2, 0.25) is 0 Å². The van der Waals surface area contributed by atoms with E-state index in [9.17, 15) is 4.39 Å². The number of furan rings is 1. The number of fused-ring (bicyclic) bond motifs is 3. The van der Waals surface area contributed by atoms with Gasteiger partial charge in [0.1, 0.15) is 16.9 Å². The first-order valence-electron chi connectivity index (χ1n) is 11.6. The molecule has 0 fully saturated rings. The molecular formula is C31H21FN3O+. The monoisotopic (exact) mass is 470 g/mol. The Morgan fingerprint density at radius 1 is 0.861 bits per heavy atom. The van der Waals surface area contributed by atoms with Crippen molar-refractivity contribution in [1.82, 2.24) is 4.98 Å². The molecule has 6 rings (SSSR count). The van der Waals surface area contributed by atoms with Gasteiger partial charge in [0, 0.05) is 16.3 Å². The predicted molar refractivity (Wildman–Crippen MR) is 140 cm³/mol. The van der Waals surface area contributed by atoms with Crippen LogP contribution in [0.25, 0.3) is 60.3 Å². The van der Waals surface area contributed by atoms with Crippen molar-refractivity contribution in [2.24, 2.45) is 7.05 Å². The minimum Gasteiger partial charge on any atom is -0.456 e. The highest BCUT2D eigenvalue weighted by Gasteiger charge is 2.23. The number of rotatable bonds is 3. The van der Waals surface area contributed by atoms with Crippen molar-refractivity contribution < 1.29 is 13.4 Å². The van der Waals surface area contributed by atoms with Gasteiger partial charge in [-0.05, 0) is 40.2 Å². The van der Waals surface area contributed by atoms with E-state index in [0.717, 1.165) is 44.2 Å². The third kappa shape index (κ3) is 3.43. The van der Waals surface area contributed by atoms with Gasteiger partial charge in [-0.15, -0.1) is 0 Å². The highest BCUT2D eigenvalue weighted by molar-refractivity contribution is 6.18. The number of benzene rings is 4. The smallest absolute Gasteiger partial charge is 0.325 e. The summed E-state index contributed by atoms with van der Waals surface area (Å²) >= 11 is 0. The summed E-state index contributed by atoms with van der Waals surface area (Å²) in [6.45, 7) is 9.78. The molecule has 5 heteroatoms. The van der Waals surface area contributed by atoms with Gasteiger partial charge in [-0.3, -0.25) is 0 Å². The lowest BCUT2D eigenvalue weighted by Crippen LogP contribution is -2.32. The fraction of sp³-hybridized carbons (Fsp3) is 0.0645. The third-order valence-corrected chi connectivity index (χ3v) is 6.62. The molecule has 0 spiro atoms. The van der Waals surface area contributed by atoms with Gasteiger partial charge >= 0.3 is 5.95 Å². The second-order valence-electron chi connectivity index (χ2n) is 8.84. The number of nitrogens with zero attached hydrogens (tertiary/aromatic N) is 3. The zero-order valence-electron chi connectivity index (χ0n) is 19.8. The van der Waals surface area contributed by atoms with Gasteiger partial charge in [-0.25, -0.2) is 9.41 Å². The SMILES string of the molecule is [C-]#[N+]c1ccc(-c2cccc(-c3ccccc3)c2)c2oc3c(-c4cc(F)nc[n+]4C)c(C)ccc3c12. The van der Waals surface area contributed by atoms with Crippen LogP contribution in [0.5, 0.6) is 0 Å². The summed E-state index contributed by atoms with van der Waals surface area (Å²) in [5.41, 5.74) is 8.30. The van der Waals surface area contributed by atoms with Crippen molar-refractivity contribution >= 4 is 27.6 Å². The molecule has 0 N–H and O–H groups in total. The summed E-state index contributed by atoms with van der Waals surface area (Å²) in [5.74, 6) is -0.559. The molecule has 0 aliphatic heterocycles. The minimum absolute atomic E-state index is 0.520. The number of halogens is 1. The summed E-state index contributed by atoms with van der Waals surface area (Å²) in [6, 6.07) is 27.7. The summed E-state index contributed by atoms with van der Waals surface area (Å²) in [5, 5.41) is 1.59. The Balaban J connectivity index is 1.67. The number of aromatic nitrogens is 2. The molecule has 2 heterocycles. The molecule has 0 saturated carbocycles. The van der Waals surface area contributed by atoms with E-state index in [0.29, 0.717) is 22.5 Å². The van der Waals surface area contributed by atoms with Gasteiger partial charge in [0.25, 0.3) is 6.33 Å². The maximum absolute atomic E-state index is 14.2. The Bertz CT molecular complexity index is 1830. The maximum Gasteiger partial charge on any atom is 0.325 e. The Morgan fingerprint density at radius 3 is 2.44 bits per heavy atom. The van der Waals surface area contributed by atoms with E-state index in [2.05, 4.69) is 40.2 Å². The molecule has 0 amide bonds. The largest absolute Gasteiger partial charge is 0.456 e. The van der Waals surface area contributed by atoms with Crippen LogP contribution in [0.1, 0.15) is 5.56 Å². The van der Waals surface area contributed by atoms with Crippen molar-refractivity contribution in [3.05, 3.63) is 114 Å². The summed E-state index contributed by atoms with van der Waals surface area (Å²) in [6.07, 6.45) is 1.46. The molecule has 0 unspecified atom stereocenters. The lowest BCUT2D eigenvalue weighted by Gasteiger charge is -2.07. The second-order valence-corrected chi connectivity index (χ2v) is 8.84. The van der Waals surface area contributed by atoms with Crippen LogP contribution >= 0.6 is 0 Å². The van der Waals surface area contributed by atoms with Crippen molar-refractivity contribution in [3.63, 3.8) is 0 Å². The first-order chi connectivity index (χ1) is 17.5. The molecule has 0 bridgehead atoms. The lowest BCUT2D eigenvalue weighted by molar-refractivity contribution is -0.663. The van der Waals surface area contributed by atoms with Gasteiger partial charge in [-0.2, -0.15) is 4.39 Å². The Morgan fingerprint density at radius 2 is 1.64 bits per heavy atom. The quantitative estimate of drug-likeness (QED) is 0.150. The number of hydrogen-bond donors (Lipinski definition) is 0. The molecule has 36 heavy (non-hydrogen) atoms.